The number of hydrogen-bond acceptors (Lipinski definition) is 2. The number of benzene rings is 1. The van der Waals surface area contributed by atoms with Gasteiger partial charge in [-0.3, -0.25) is 0 Å². The molecule has 15 heavy (non-hydrogen) atoms. The SMILES string of the molecule is N#Cc1ccc(F)c(C=CCN=[N+]=[N-])c1. The van der Waals surface area contributed by atoms with Crippen LogP contribution in [0.3, 0.4) is 0 Å². The lowest BCUT2D eigenvalue weighted by molar-refractivity contribution is 0.625. The Kier molecular flexibility index (Phi) is 3.90. The highest BCUT2D eigenvalue weighted by Crippen LogP contribution is 2.11. The molecule has 0 unspecified atom stereocenters. The van der Waals surface area contributed by atoms with Crippen LogP contribution in [0.25, 0.3) is 16.5 Å². The van der Waals surface area contributed by atoms with E-state index in [1.165, 1.54) is 30.4 Å². The fourth-order valence-electron chi connectivity index (χ4n) is 1.00. The van der Waals surface area contributed by atoms with E-state index >= 15 is 0 Å². The minimum atomic E-state index is -0.411. The largest absolute Gasteiger partial charge is 0.206 e. The first-order valence-electron chi connectivity index (χ1n) is 4.15. The summed E-state index contributed by atoms with van der Waals surface area (Å²) in [7, 11) is 0. The van der Waals surface area contributed by atoms with Crippen LogP contribution >= 0.6 is 0 Å². The summed E-state index contributed by atoms with van der Waals surface area (Å²) in [6.07, 6.45) is 3.00. The summed E-state index contributed by atoms with van der Waals surface area (Å²) in [4.78, 5) is 2.55. The fraction of sp³-hybridized carbons (Fsp3) is 0.100. The summed E-state index contributed by atoms with van der Waals surface area (Å²) < 4.78 is 13.2. The molecular formula is C10H7FN4. The Morgan fingerprint density at radius 3 is 3.07 bits per heavy atom. The van der Waals surface area contributed by atoms with Crippen LogP contribution in [0.15, 0.2) is 29.4 Å². The molecule has 0 heterocycles. The van der Waals surface area contributed by atoms with Gasteiger partial charge in [0.25, 0.3) is 0 Å². The zero-order valence-corrected chi connectivity index (χ0v) is 7.76. The topological polar surface area (TPSA) is 72.5 Å². The maximum Gasteiger partial charge on any atom is 0.130 e. The van der Waals surface area contributed by atoms with Gasteiger partial charge < -0.3 is 0 Å². The summed E-state index contributed by atoms with van der Waals surface area (Å²) in [5, 5.41) is 11.9. The molecule has 0 amide bonds. The number of nitriles is 1. The van der Waals surface area contributed by atoms with Crippen LogP contribution in [-0.4, -0.2) is 6.54 Å². The van der Waals surface area contributed by atoms with Gasteiger partial charge in [0.1, 0.15) is 5.82 Å². The number of azide groups is 1. The summed E-state index contributed by atoms with van der Waals surface area (Å²) >= 11 is 0. The molecule has 5 heteroatoms. The van der Waals surface area contributed by atoms with E-state index < -0.39 is 5.82 Å². The summed E-state index contributed by atoms with van der Waals surface area (Å²) in [5.74, 6) is -0.411. The lowest BCUT2D eigenvalue weighted by Crippen LogP contribution is -1.84. The monoisotopic (exact) mass is 202 g/mol. The van der Waals surface area contributed by atoms with Gasteiger partial charge in [0, 0.05) is 17.0 Å². The Morgan fingerprint density at radius 2 is 2.40 bits per heavy atom. The van der Waals surface area contributed by atoms with Crippen molar-refractivity contribution in [2.45, 2.75) is 0 Å². The second-order valence-electron chi connectivity index (χ2n) is 2.66. The van der Waals surface area contributed by atoms with Crippen LogP contribution < -0.4 is 0 Å². The van der Waals surface area contributed by atoms with Gasteiger partial charge in [-0.1, -0.05) is 17.3 Å². The van der Waals surface area contributed by atoms with Crippen molar-refractivity contribution in [1.29, 1.82) is 5.26 Å². The van der Waals surface area contributed by atoms with E-state index in [0.717, 1.165) is 0 Å². The molecule has 74 valence electrons. The molecule has 0 spiro atoms. The van der Waals surface area contributed by atoms with Gasteiger partial charge in [0.2, 0.25) is 0 Å². The molecule has 0 bridgehead atoms. The van der Waals surface area contributed by atoms with E-state index in [2.05, 4.69) is 10.0 Å². The predicted octanol–water partition coefficient (Wildman–Crippen LogP) is 3.02. The van der Waals surface area contributed by atoms with E-state index in [0.29, 0.717) is 11.1 Å². The molecule has 0 aliphatic rings. The molecule has 0 radical (unpaired) electrons. The lowest BCUT2D eigenvalue weighted by atomic mass is 10.1. The maximum atomic E-state index is 13.2. The second-order valence-corrected chi connectivity index (χ2v) is 2.66. The first-order chi connectivity index (χ1) is 7.27. The summed E-state index contributed by atoms with van der Waals surface area (Å²) in [5.41, 5.74) is 8.70. The molecule has 0 aliphatic heterocycles. The standard InChI is InChI=1S/C10H7FN4/c11-10-4-3-8(7-12)6-9(10)2-1-5-14-15-13/h1-4,6H,5H2. The van der Waals surface area contributed by atoms with E-state index in [-0.39, 0.29) is 6.54 Å². The van der Waals surface area contributed by atoms with Crippen molar-refractivity contribution < 1.29 is 4.39 Å². The van der Waals surface area contributed by atoms with Crippen molar-refractivity contribution in [2.24, 2.45) is 5.11 Å². The second kappa shape index (κ2) is 5.43. The zero-order valence-electron chi connectivity index (χ0n) is 7.76. The lowest BCUT2D eigenvalue weighted by Gasteiger charge is -1.96. The first-order valence-corrected chi connectivity index (χ1v) is 4.15. The molecule has 0 aromatic heterocycles. The Bertz CT molecular complexity index is 467. The number of hydrogen-bond donors (Lipinski definition) is 0. The van der Waals surface area contributed by atoms with Gasteiger partial charge in [0.05, 0.1) is 11.6 Å². The highest BCUT2D eigenvalue weighted by atomic mass is 19.1. The first kappa shape index (κ1) is 10.8. The maximum absolute atomic E-state index is 13.2. The molecule has 0 N–H and O–H groups in total. The molecule has 0 atom stereocenters. The summed E-state index contributed by atoms with van der Waals surface area (Å²) in [6, 6.07) is 5.98. The Balaban J connectivity index is 2.89. The molecule has 0 saturated carbocycles. The normalized spacial score (nSPS) is 9.60. The van der Waals surface area contributed by atoms with Crippen LogP contribution in [0.1, 0.15) is 11.1 Å². The third-order valence-corrected chi connectivity index (χ3v) is 1.67. The number of nitrogens with zero attached hydrogens (tertiary/aromatic N) is 4. The molecule has 1 aromatic rings. The van der Waals surface area contributed by atoms with E-state index in [4.69, 9.17) is 10.8 Å². The van der Waals surface area contributed by atoms with Crippen molar-refractivity contribution >= 4 is 6.08 Å². The van der Waals surface area contributed by atoms with Crippen molar-refractivity contribution in [1.82, 2.24) is 0 Å². The third kappa shape index (κ3) is 3.14. The quantitative estimate of drug-likeness (QED) is 0.421. The molecule has 0 fully saturated rings. The van der Waals surface area contributed by atoms with Crippen LogP contribution in [-0.2, 0) is 0 Å². The molecule has 1 aromatic carbocycles. The van der Waals surface area contributed by atoms with Crippen molar-refractivity contribution in [3.05, 3.63) is 51.7 Å². The third-order valence-electron chi connectivity index (χ3n) is 1.67. The Hall–Kier alpha value is -2.31. The van der Waals surface area contributed by atoms with E-state index in [9.17, 15) is 4.39 Å². The smallest absolute Gasteiger partial charge is 0.130 e. The molecule has 0 saturated heterocycles. The van der Waals surface area contributed by atoms with Gasteiger partial charge in [-0.05, 0) is 23.7 Å². The number of halogens is 1. The average molecular weight is 202 g/mol. The minimum absolute atomic E-state index is 0.159. The fourth-order valence-corrected chi connectivity index (χ4v) is 1.00. The van der Waals surface area contributed by atoms with Crippen molar-refractivity contribution in [2.75, 3.05) is 6.54 Å². The summed E-state index contributed by atoms with van der Waals surface area (Å²) in [6.45, 7) is 0.159. The van der Waals surface area contributed by atoms with Gasteiger partial charge >= 0.3 is 0 Å². The Labute approximate surface area is 85.9 Å². The molecule has 0 aliphatic carbocycles. The van der Waals surface area contributed by atoms with Crippen LogP contribution in [0.2, 0.25) is 0 Å². The number of rotatable bonds is 3. The van der Waals surface area contributed by atoms with Gasteiger partial charge in [-0.15, -0.1) is 0 Å². The highest BCUT2D eigenvalue weighted by molar-refractivity contribution is 5.53. The van der Waals surface area contributed by atoms with E-state index in [1.807, 2.05) is 6.07 Å². The van der Waals surface area contributed by atoms with Crippen LogP contribution in [0.4, 0.5) is 4.39 Å². The minimum Gasteiger partial charge on any atom is -0.206 e. The average Bonchev–Trinajstić information content (AvgIpc) is 2.26. The van der Waals surface area contributed by atoms with Gasteiger partial charge in [0.15, 0.2) is 0 Å². The molecular weight excluding hydrogens is 195 g/mol. The van der Waals surface area contributed by atoms with Crippen molar-refractivity contribution in [3.8, 4) is 6.07 Å². The van der Waals surface area contributed by atoms with Gasteiger partial charge in [-0.25, -0.2) is 4.39 Å². The van der Waals surface area contributed by atoms with Crippen molar-refractivity contribution in [3.63, 3.8) is 0 Å². The van der Waals surface area contributed by atoms with E-state index in [1.54, 1.807) is 0 Å². The highest BCUT2D eigenvalue weighted by Gasteiger charge is 1.99. The van der Waals surface area contributed by atoms with Gasteiger partial charge in [-0.2, -0.15) is 5.26 Å². The Morgan fingerprint density at radius 1 is 1.60 bits per heavy atom. The molecule has 4 nitrogen and oxygen atoms in total. The van der Waals surface area contributed by atoms with Crippen LogP contribution in [0.5, 0.6) is 0 Å². The predicted molar refractivity (Wildman–Crippen MR) is 54.2 cm³/mol. The molecule has 1 rings (SSSR count). The van der Waals surface area contributed by atoms with Crippen LogP contribution in [0, 0.1) is 17.1 Å². The zero-order chi connectivity index (χ0) is 11.1.